The number of ketones is 1. The number of fused-ring (bicyclic) bond motifs is 1. The van der Waals surface area contributed by atoms with E-state index in [0.29, 0.717) is 12.3 Å². The number of Topliss-reactive ketones (excluding diaryl/α,β-unsaturated/α-hetero) is 1. The Balaban J connectivity index is 1.93. The lowest BCUT2D eigenvalue weighted by Gasteiger charge is -2.23. The van der Waals surface area contributed by atoms with Gasteiger partial charge in [0, 0.05) is 23.1 Å². The Labute approximate surface area is 153 Å². The van der Waals surface area contributed by atoms with Crippen LogP contribution in [0.1, 0.15) is 63.9 Å². The Morgan fingerprint density at radius 1 is 1.23 bits per heavy atom. The lowest BCUT2D eigenvalue weighted by Crippen LogP contribution is -2.15. The summed E-state index contributed by atoms with van der Waals surface area (Å²) in [6.07, 6.45) is 3.18. The van der Waals surface area contributed by atoms with Gasteiger partial charge in [0.2, 0.25) is 0 Å². The topological polar surface area (TPSA) is 54.4 Å². The number of carbonyl (C=O) groups excluding carboxylic acids is 1. The Bertz CT molecular complexity index is 940. The van der Waals surface area contributed by atoms with Gasteiger partial charge in [0.05, 0.1) is 6.42 Å². The number of carboxylic acids is 1. The minimum Gasteiger partial charge on any atom is -0.481 e. The number of hydrogen-bond acceptors (Lipinski definition) is 2. The standard InChI is InChI=1S/C23H20O3/c1-3-19-12-18(13-20-15(2)4-11-21(24)23(19)20)10-7-16-5-8-17(9-6-16)14-22(25)26/h3,5-6,8-9,12-13,15H,1,4,11,14H2,2H3,(H,25,26). The molecule has 2 aromatic carbocycles. The molecule has 0 saturated heterocycles. The molecule has 0 spiro atoms. The molecular formula is C23H20O3. The highest BCUT2D eigenvalue weighted by molar-refractivity contribution is 6.02. The molecule has 0 heterocycles. The van der Waals surface area contributed by atoms with E-state index in [4.69, 9.17) is 5.11 Å². The average Bonchev–Trinajstić information content (AvgIpc) is 2.63. The van der Waals surface area contributed by atoms with Crippen LogP contribution in [0.4, 0.5) is 0 Å². The molecule has 0 aromatic heterocycles. The summed E-state index contributed by atoms with van der Waals surface area (Å²) in [5.41, 5.74) is 5.12. The van der Waals surface area contributed by atoms with E-state index < -0.39 is 5.97 Å². The molecular weight excluding hydrogens is 324 g/mol. The molecule has 1 N–H and O–H groups in total. The first-order valence-corrected chi connectivity index (χ1v) is 8.64. The van der Waals surface area contributed by atoms with Crippen LogP contribution in [-0.4, -0.2) is 16.9 Å². The van der Waals surface area contributed by atoms with Crippen LogP contribution in [0.3, 0.4) is 0 Å². The summed E-state index contributed by atoms with van der Waals surface area (Å²) in [6.45, 7) is 5.98. The van der Waals surface area contributed by atoms with Crippen LogP contribution in [0.2, 0.25) is 0 Å². The SMILES string of the molecule is C=Cc1cc(C#Cc2ccc(CC(=O)O)cc2)cc2c1C(=O)CCC2C. The van der Waals surface area contributed by atoms with Gasteiger partial charge in [-0.25, -0.2) is 0 Å². The van der Waals surface area contributed by atoms with Crippen molar-refractivity contribution in [3.63, 3.8) is 0 Å². The largest absolute Gasteiger partial charge is 0.481 e. The average molecular weight is 344 g/mol. The molecule has 1 aliphatic rings. The zero-order chi connectivity index (χ0) is 18.7. The van der Waals surface area contributed by atoms with E-state index in [9.17, 15) is 9.59 Å². The van der Waals surface area contributed by atoms with Crippen molar-refractivity contribution in [2.75, 3.05) is 0 Å². The van der Waals surface area contributed by atoms with Gasteiger partial charge in [0.15, 0.2) is 5.78 Å². The minimum absolute atomic E-state index is 0.00709. The molecule has 26 heavy (non-hydrogen) atoms. The summed E-state index contributed by atoms with van der Waals surface area (Å²) in [7, 11) is 0. The molecule has 1 unspecified atom stereocenters. The normalized spacial score (nSPS) is 15.6. The summed E-state index contributed by atoms with van der Waals surface area (Å²) in [6, 6.07) is 11.1. The highest BCUT2D eigenvalue weighted by Gasteiger charge is 2.25. The first-order valence-electron chi connectivity index (χ1n) is 8.64. The number of benzene rings is 2. The van der Waals surface area contributed by atoms with Gasteiger partial charge in [-0.3, -0.25) is 9.59 Å². The van der Waals surface area contributed by atoms with E-state index in [-0.39, 0.29) is 12.2 Å². The van der Waals surface area contributed by atoms with Crippen molar-refractivity contribution in [3.05, 3.63) is 76.4 Å². The first kappa shape index (κ1) is 17.7. The van der Waals surface area contributed by atoms with Gasteiger partial charge >= 0.3 is 5.97 Å². The molecule has 0 saturated carbocycles. The van der Waals surface area contributed by atoms with Gasteiger partial charge in [-0.15, -0.1) is 0 Å². The van der Waals surface area contributed by atoms with Crippen LogP contribution < -0.4 is 0 Å². The van der Waals surface area contributed by atoms with E-state index in [1.807, 2.05) is 24.3 Å². The third-order valence-corrected chi connectivity index (χ3v) is 4.69. The number of rotatable bonds is 3. The Morgan fingerprint density at radius 2 is 1.92 bits per heavy atom. The highest BCUT2D eigenvalue weighted by atomic mass is 16.4. The second kappa shape index (κ2) is 7.41. The predicted octanol–water partition coefficient (Wildman–Crippen LogP) is 4.44. The Hall–Kier alpha value is -3.12. The smallest absolute Gasteiger partial charge is 0.307 e. The molecule has 1 atom stereocenters. The molecule has 3 rings (SSSR count). The van der Waals surface area contributed by atoms with E-state index in [1.165, 1.54) is 0 Å². The molecule has 0 fully saturated rings. The van der Waals surface area contributed by atoms with Crippen molar-refractivity contribution in [2.45, 2.75) is 32.1 Å². The van der Waals surface area contributed by atoms with Gasteiger partial charge in [-0.05, 0) is 53.3 Å². The summed E-state index contributed by atoms with van der Waals surface area (Å²) in [4.78, 5) is 23.0. The lowest BCUT2D eigenvalue weighted by atomic mass is 9.80. The molecule has 0 bridgehead atoms. The summed E-state index contributed by atoms with van der Waals surface area (Å²) in [5, 5.41) is 8.81. The van der Waals surface area contributed by atoms with Gasteiger partial charge in [-0.2, -0.15) is 0 Å². The van der Waals surface area contributed by atoms with E-state index in [2.05, 4.69) is 25.3 Å². The van der Waals surface area contributed by atoms with Crippen LogP contribution >= 0.6 is 0 Å². The van der Waals surface area contributed by atoms with E-state index in [1.54, 1.807) is 18.2 Å². The molecule has 0 radical (unpaired) electrons. The Kier molecular flexibility index (Phi) is 5.04. The number of carbonyl (C=O) groups is 2. The van der Waals surface area contributed by atoms with E-state index >= 15 is 0 Å². The maximum absolute atomic E-state index is 12.3. The van der Waals surface area contributed by atoms with Crippen molar-refractivity contribution >= 4 is 17.8 Å². The van der Waals surface area contributed by atoms with Gasteiger partial charge in [0.1, 0.15) is 0 Å². The molecule has 0 amide bonds. The zero-order valence-corrected chi connectivity index (χ0v) is 14.7. The number of aliphatic carboxylic acids is 1. The summed E-state index contributed by atoms with van der Waals surface area (Å²) < 4.78 is 0. The first-order chi connectivity index (χ1) is 12.5. The predicted molar refractivity (Wildman–Crippen MR) is 102 cm³/mol. The number of carboxylic acid groups (broad SMARTS) is 1. The van der Waals surface area contributed by atoms with Gasteiger partial charge in [-0.1, -0.05) is 43.6 Å². The van der Waals surface area contributed by atoms with Crippen molar-refractivity contribution in [1.82, 2.24) is 0 Å². The van der Waals surface area contributed by atoms with E-state index in [0.717, 1.165) is 39.8 Å². The van der Waals surface area contributed by atoms with Crippen molar-refractivity contribution in [3.8, 4) is 11.8 Å². The van der Waals surface area contributed by atoms with Crippen LogP contribution in [0, 0.1) is 11.8 Å². The summed E-state index contributed by atoms with van der Waals surface area (Å²) >= 11 is 0. The fourth-order valence-corrected chi connectivity index (χ4v) is 3.28. The minimum atomic E-state index is -0.849. The monoisotopic (exact) mass is 344 g/mol. The lowest BCUT2D eigenvalue weighted by molar-refractivity contribution is -0.136. The molecule has 0 aliphatic heterocycles. The third kappa shape index (κ3) is 3.75. The van der Waals surface area contributed by atoms with Crippen LogP contribution in [0.15, 0.2) is 43.0 Å². The zero-order valence-electron chi connectivity index (χ0n) is 14.7. The van der Waals surface area contributed by atoms with Gasteiger partial charge < -0.3 is 5.11 Å². The molecule has 1 aliphatic carbocycles. The molecule has 3 nitrogen and oxygen atoms in total. The van der Waals surface area contributed by atoms with Crippen LogP contribution in [0.5, 0.6) is 0 Å². The molecule has 2 aromatic rings. The van der Waals surface area contributed by atoms with Crippen LogP contribution in [-0.2, 0) is 11.2 Å². The van der Waals surface area contributed by atoms with Crippen LogP contribution in [0.25, 0.3) is 6.08 Å². The second-order valence-electron chi connectivity index (χ2n) is 6.61. The maximum atomic E-state index is 12.3. The van der Waals surface area contributed by atoms with Crippen molar-refractivity contribution in [1.29, 1.82) is 0 Å². The maximum Gasteiger partial charge on any atom is 0.307 e. The molecule has 130 valence electrons. The molecule has 3 heteroatoms. The second-order valence-corrected chi connectivity index (χ2v) is 6.61. The fraction of sp³-hybridized carbons (Fsp3) is 0.217. The van der Waals surface area contributed by atoms with Gasteiger partial charge in [0.25, 0.3) is 0 Å². The Morgan fingerprint density at radius 3 is 2.58 bits per heavy atom. The quantitative estimate of drug-likeness (QED) is 0.838. The summed E-state index contributed by atoms with van der Waals surface area (Å²) in [5.74, 6) is 5.93. The van der Waals surface area contributed by atoms with Crippen molar-refractivity contribution < 1.29 is 14.7 Å². The highest BCUT2D eigenvalue weighted by Crippen LogP contribution is 2.34. The fourth-order valence-electron chi connectivity index (χ4n) is 3.28. The number of hydrogen-bond donors (Lipinski definition) is 1. The van der Waals surface area contributed by atoms with Crippen molar-refractivity contribution in [2.24, 2.45) is 0 Å². The third-order valence-electron chi connectivity index (χ3n) is 4.69.